The van der Waals surface area contributed by atoms with Crippen LogP contribution in [0.25, 0.3) is 0 Å². The predicted molar refractivity (Wildman–Crippen MR) is 37.2 cm³/mol. The Bertz CT molecular complexity index is 225. The number of aromatic nitrogens is 2. The number of hydrogen-bond acceptors (Lipinski definition) is 3. The summed E-state index contributed by atoms with van der Waals surface area (Å²) in [5.41, 5.74) is 5.69. The van der Waals surface area contributed by atoms with E-state index in [9.17, 15) is 0 Å². The lowest BCUT2D eigenvalue weighted by atomic mass is 10.0. The van der Waals surface area contributed by atoms with Crippen LogP contribution in [-0.2, 0) is 0 Å². The zero-order valence-electron chi connectivity index (χ0n) is 4.70. The van der Waals surface area contributed by atoms with Crippen molar-refractivity contribution in [1.82, 2.24) is 9.97 Å². The number of nitrogen functional groups attached to an aromatic ring is 1. The van der Waals surface area contributed by atoms with Crippen molar-refractivity contribution in [3.8, 4) is 0 Å². The Morgan fingerprint density at radius 1 is 1.44 bits per heavy atom. The van der Waals surface area contributed by atoms with Gasteiger partial charge in [-0.2, -0.15) is 0 Å². The summed E-state index contributed by atoms with van der Waals surface area (Å²) >= 11 is 0. The number of nitrogens with two attached hydrogens (primary N) is 1. The van der Waals surface area contributed by atoms with E-state index < -0.39 is 0 Å². The van der Waals surface area contributed by atoms with Crippen LogP contribution in [0.3, 0.4) is 0 Å². The molecule has 40 valence electrons. The van der Waals surface area contributed by atoms with Crippen LogP contribution in [0.4, 0.5) is 5.82 Å². The summed E-state index contributed by atoms with van der Waals surface area (Å²) in [5, 5.41) is 0. The van der Waals surface area contributed by atoms with Gasteiger partial charge in [-0.15, -0.1) is 0 Å². The van der Waals surface area contributed by atoms with Gasteiger partial charge in [-0.25, -0.2) is 4.98 Å². The maximum absolute atomic E-state index is 5.24. The van der Waals surface area contributed by atoms with E-state index in [1.807, 2.05) is 0 Å². The SMILES string of the molecule is [B]c1cnc(N)c([B])n1. The van der Waals surface area contributed by atoms with Crippen LogP contribution in [0.2, 0.25) is 0 Å². The highest BCUT2D eigenvalue weighted by atomic mass is 14.9. The Hall–Kier alpha value is -0.990. The molecule has 0 spiro atoms. The standard InChI is InChI=1S/C4H3B2N3/c5-2-1-8-4(7)3(6)9-2/h1H,(H2,7,8). The van der Waals surface area contributed by atoms with Crippen LogP contribution in [0.5, 0.6) is 0 Å². The van der Waals surface area contributed by atoms with E-state index in [0.717, 1.165) is 0 Å². The van der Waals surface area contributed by atoms with Crippen LogP contribution >= 0.6 is 0 Å². The monoisotopic (exact) mass is 115 g/mol. The Balaban J connectivity index is 3.17. The van der Waals surface area contributed by atoms with Crippen LogP contribution in [0.15, 0.2) is 6.20 Å². The molecule has 0 saturated heterocycles. The first-order chi connectivity index (χ1) is 4.20. The number of hydrogen-bond donors (Lipinski definition) is 1. The van der Waals surface area contributed by atoms with E-state index in [0.29, 0.717) is 0 Å². The molecule has 0 aliphatic rings. The fraction of sp³-hybridized carbons (Fsp3) is 0. The third kappa shape index (κ3) is 1.22. The van der Waals surface area contributed by atoms with Gasteiger partial charge < -0.3 is 5.73 Å². The molecule has 0 saturated carbocycles. The first-order valence-electron chi connectivity index (χ1n) is 2.33. The molecule has 3 nitrogen and oxygen atoms in total. The number of nitrogens with zero attached hydrogens (tertiary/aromatic N) is 2. The molecule has 0 aliphatic heterocycles. The lowest BCUT2D eigenvalue weighted by molar-refractivity contribution is 1.29. The minimum absolute atomic E-state index is 0.176. The molecule has 1 aromatic heterocycles. The highest BCUT2D eigenvalue weighted by Gasteiger charge is 1.92. The second-order valence-electron chi connectivity index (χ2n) is 1.57. The molecule has 1 heterocycles. The summed E-state index contributed by atoms with van der Waals surface area (Å²) in [6.45, 7) is 0. The third-order valence-corrected chi connectivity index (χ3v) is 0.848. The van der Waals surface area contributed by atoms with Crippen molar-refractivity contribution in [2.45, 2.75) is 0 Å². The first kappa shape index (κ1) is 6.13. The van der Waals surface area contributed by atoms with Crippen molar-refractivity contribution in [3.05, 3.63) is 6.20 Å². The van der Waals surface area contributed by atoms with Crippen LogP contribution in [0, 0.1) is 0 Å². The van der Waals surface area contributed by atoms with Crippen molar-refractivity contribution in [2.75, 3.05) is 5.73 Å². The average Bonchev–Trinajstić information content (AvgIpc) is 1.80. The molecule has 1 rings (SSSR count). The molecule has 2 N–H and O–H groups in total. The van der Waals surface area contributed by atoms with Gasteiger partial charge in [-0.05, 0) is 0 Å². The average molecular weight is 115 g/mol. The van der Waals surface area contributed by atoms with E-state index in [1.54, 1.807) is 0 Å². The predicted octanol–water partition coefficient (Wildman–Crippen LogP) is -2.35. The van der Waals surface area contributed by atoms with Crippen molar-refractivity contribution in [3.63, 3.8) is 0 Å². The van der Waals surface area contributed by atoms with Gasteiger partial charge in [0, 0.05) is 17.4 Å². The van der Waals surface area contributed by atoms with E-state index >= 15 is 0 Å². The molecular weight excluding hydrogens is 112 g/mol. The molecule has 0 amide bonds. The molecule has 5 heteroatoms. The minimum atomic E-state index is 0.176. The second kappa shape index (κ2) is 2.09. The lowest BCUT2D eigenvalue weighted by Gasteiger charge is -1.97. The largest absolute Gasteiger partial charge is 0.383 e. The maximum atomic E-state index is 5.24. The molecule has 0 atom stereocenters. The Morgan fingerprint density at radius 3 is 2.56 bits per heavy atom. The summed E-state index contributed by atoms with van der Waals surface area (Å²) in [6.07, 6.45) is 1.35. The van der Waals surface area contributed by atoms with Gasteiger partial charge in [0.25, 0.3) is 0 Å². The van der Waals surface area contributed by atoms with Gasteiger partial charge in [-0.1, -0.05) is 0 Å². The van der Waals surface area contributed by atoms with Gasteiger partial charge in [-0.3, -0.25) is 4.98 Å². The van der Waals surface area contributed by atoms with Crippen LogP contribution in [-0.4, -0.2) is 25.7 Å². The molecule has 1 aromatic rings. The van der Waals surface area contributed by atoms with Crippen molar-refractivity contribution in [1.29, 1.82) is 0 Å². The van der Waals surface area contributed by atoms with Crippen molar-refractivity contribution >= 4 is 32.7 Å². The van der Waals surface area contributed by atoms with E-state index in [4.69, 9.17) is 21.4 Å². The fourth-order valence-corrected chi connectivity index (χ4v) is 0.427. The highest BCUT2D eigenvalue weighted by Crippen LogP contribution is 1.78. The molecular formula is C4H3B2N3. The van der Waals surface area contributed by atoms with Gasteiger partial charge in [0.1, 0.15) is 21.5 Å². The number of anilines is 1. The van der Waals surface area contributed by atoms with E-state index in [2.05, 4.69) is 9.97 Å². The zero-order chi connectivity index (χ0) is 6.85. The van der Waals surface area contributed by atoms with Gasteiger partial charge >= 0.3 is 0 Å². The molecule has 4 radical (unpaired) electrons. The highest BCUT2D eigenvalue weighted by molar-refractivity contribution is 6.36. The van der Waals surface area contributed by atoms with Gasteiger partial charge in [0.15, 0.2) is 0 Å². The second-order valence-corrected chi connectivity index (χ2v) is 1.57. The minimum Gasteiger partial charge on any atom is -0.383 e. The Labute approximate surface area is 55.5 Å². The van der Waals surface area contributed by atoms with E-state index in [-0.39, 0.29) is 17.0 Å². The molecule has 0 aliphatic carbocycles. The lowest BCUT2D eigenvalue weighted by Crippen LogP contribution is -2.25. The van der Waals surface area contributed by atoms with Gasteiger partial charge in [0.2, 0.25) is 0 Å². The maximum Gasteiger partial charge on any atom is 0.146 e. The van der Waals surface area contributed by atoms with E-state index in [1.165, 1.54) is 6.20 Å². The summed E-state index contributed by atoms with van der Waals surface area (Å²) in [6, 6.07) is 0. The first-order valence-corrected chi connectivity index (χ1v) is 2.33. The molecule has 0 bridgehead atoms. The van der Waals surface area contributed by atoms with Crippen LogP contribution in [0.1, 0.15) is 0 Å². The summed E-state index contributed by atoms with van der Waals surface area (Å²) in [7, 11) is 10.5. The molecule has 9 heavy (non-hydrogen) atoms. The summed E-state index contributed by atoms with van der Waals surface area (Å²) in [5.74, 6) is 0.212. The smallest absolute Gasteiger partial charge is 0.146 e. The fourth-order valence-electron chi connectivity index (χ4n) is 0.427. The Kier molecular flexibility index (Phi) is 1.42. The number of rotatable bonds is 0. The summed E-state index contributed by atoms with van der Waals surface area (Å²) < 4.78 is 0. The van der Waals surface area contributed by atoms with Crippen molar-refractivity contribution < 1.29 is 0 Å². The normalized spacial score (nSPS) is 9.33. The zero-order valence-corrected chi connectivity index (χ0v) is 4.70. The van der Waals surface area contributed by atoms with Crippen LogP contribution < -0.4 is 16.9 Å². The third-order valence-electron chi connectivity index (χ3n) is 0.848. The topological polar surface area (TPSA) is 51.8 Å². The molecule has 0 unspecified atom stereocenters. The quantitative estimate of drug-likeness (QED) is 0.385. The van der Waals surface area contributed by atoms with Gasteiger partial charge in [0.05, 0.1) is 0 Å². The molecule has 0 aromatic carbocycles. The summed E-state index contributed by atoms with van der Waals surface area (Å²) in [4.78, 5) is 7.28. The van der Waals surface area contributed by atoms with Crippen molar-refractivity contribution in [2.24, 2.45) is 0 Å². The Morgan fingerprint density at radius 2 is 2.11 bits per heavy atom. The molecule has 0 fully saturated rings.